The summed E-state index contributed by atoms with van der Waals surface area (Å²) in [7, 11) is 5.73. The van der Waals surface area contributed by atoms with Crippen LogP contribution in [-0.2, 0) is 11.3 Å². The maximum atomic E-state index is 13.4. The topological polar surface area (TPSA) is 131 Å². The largest absolute Gasteiger partial charge is 0.495 e. The van der Waals surface area contributed by atoms with Crippen molar-refractivity contribution >= 4 is 34.2 Å². The first kappa shape index (κ1) is 28.2. The van der Waals surface area contributed by atoms with Gasteiger partial charge in [-0.25, -0.2) is 0 Å². The van der Waals surface area contributed by atoms with Crippen LogP contribution in [0.5, 0.6) is 5.75 Å². The molecule has 9 nitrogen and oxygen atoms in total. The van der Waals surface area contributed by atoms with E-state index in [1.165, 1.54) is 7.11 Å². The van der Waals surface area contributed by atoms with Gasteiger partial charge in [0.2, 0.25) is 5.91 Å². The van der Waals surface area contributed by atoms with Crippen LogP contribution in [0.2, 0.25) is 0 Å². The molecular weight excluding hydrogens is 518 g/mol. The van der Waals surface area contributed by atoms with Gasteiger partial charge in [0.1, 0.15) is 5.75 Å². The molecule has 0 aromatic heterocycles. The molecule has 0 spiro atoms. The second kappa shape index (κ2) is 11.2. The number of nitrogens with zero attached hydrogens (tertiary/aromatic N) is 2. The van der Waals surface area contributed by atoms with E-state index in [1.54, 1.807) is 11.0 Å². The zero-order valence-corrected chi connectivity index (χ0v) is 23.8. The normalized spacial score (nSPS) is 18.4. The third-order valence-corrected chi connectivity index (χ3v) is 8.43. The molecule has 5 N–H and O–H groups in total. The van der Waals surface area contributed by atoms with Gasteiger partial charge in [0.15, 0.2) is 0 Å². The zero-order valence-electron chi connectivity index (χ0n) is 23.8. The predicted molar refractivity (Wildman–Crippen MR) is 161 cm³/mol. The molecule has 5 rings (SSSR count). The molecule has 0 saturated heterocycles. The van der Waals surface area contributed by atoms with E-state index in [-0.39, 0.29) is 30.0 Å². The number of methoxy groups -OCH3 is 1. The van der Waals surface area contributed by atoms with E-state index in [9.17, 15) is 14.4 Å². The number of nitrogens with two attached hydrogens (primary N) is 2. The van der Waals surface area contributed by atoms with Crippen molar-refractivity contribution in [3.8, 4) is 16.9 Å². The number of primary amides is 1. The Labute approximate surface area is 240 Å². The quantitative estimate of drug-likeness (QED) is 0.287. The molecule has 3 amide bonds. The molecule has 2 aliphatic rings. The van der Waals surface area contributed by atoms with Crippen LogP contribution in [0.3, 0.4) is 0 Å². The molecule has 214 valence electrons. The minimum Gasteiger partial charge on any atom is -0.495 e. The van der Waals surface area contributed by atoms with E-state index in [0.29, 0.717) is 35.2 Å². The third kappa shape index (κ3) is 5.50. The molecule has 1 aliphatic carbocycles. The zero-order chi connectivity index (χ0) is 29.4. The second-order valence-electron chi connectivity index (χ2n) is 11.2. The van der Waals surface area contributed by atoms with Crippen molar-refractivity contribution in [1.82, 2.24) is 15.1 Å². The van der Waals surface area contributed by atoms with Gasteiger partial charge in [-0.05, 0) is 91.5 Å². The smallest absolute Gasteiger partial charge is 0.254 e. The van der Waals surface area contributed by atoms with Crippen LogP contribution >= 0.6 is 0 Å². The van der Waals surface area contributed by atoms with Gasteiger partial charge in [-0.3, -0.25) is 14.4 Å². The van der Waals surface area contributed by atoms with Gasteiger partial charge in [-0.15, -0.1) is 0 Å². The fraction of sp³-hybridized carbons (Fsp3) is 0.344. The highest BCUT2D eigenvalue weighted by molar-refractivity contribution is 6.06. The van der Waals surface area contributed by atoms with Crippen LogP contribution in [0.25, 0.3) is 21.9 Å². The van der Waals surface area contributed by atoms with Gasteiger partial charge in [0, 0.05) is 29.8 Å². The highest BCUT2D eigenvalue weighted by atomic mass is 16.5. The first-order chi connectivity index (χ1) is 19.6. The Kier molecular flexibility index (Phi) is 7.73. The standard InChI is InChI=1S/C32H37N5O4/c1-18(30(34)38)16-37-17-27-24(32(37)40)12-7-19-5-6-20(13-25(19)27)21-14-26(29(33)28(15-21)41-4)31(39)35-22-8-10-23(11-9-22)36(2)3/h5-7,12-15,22-23H,1,8-11,16-17,33H2,2-4H3,(H2,34,38)(H,35,39)/t22-,23+. The summed E-state index contributed by atoms with van der Waals surface area (Å²) in [5.41, 5.74) is 15.7. The van der Waals surface area contributed by atoms with Crippen molar-refractivity contribution in [3.63, 3.8) is 0 Å². The van der Waals surface area contributed by atoms with E-state index < -0.39 is 5.91 Å². The van der Waals surface area contributed by atoms with Gasteiger partial charge >= 0.3 is 0 Å². The van der Waals surface area contributed by atoms with Crippen molar-refractivity contribution in [2.75, 3.05) is 33.5 Å². The van der Waals surface area contributed by atoms with Crippen molar-refractivity contribution in [3.05, 3.63) is 71.3 Å². The van der Waals surface area contributed by atoms with Crippen LogP contribution in [-0.4, -0.2) is 67.4 Å². The predicted octanol–water partition coefficient (Wildman–Crippen LogP) is 3.70. The van der Waals surface area contributed by atoms with Gasteiger partial charge in [0.05, 0.1) is 24.9 Å². The molecule has 3 aromatic rings. The van der Waals surface area contributed by atoms with E-state index in [1.807, 2.05) is 36.4 Å². The summed E-state index contributed by atoms with van der Waals surface area (Å²) in [4.78, 5) is 41.8. The number of nitrogens with one attached hydrogen (secondary N) is 1. The number of nitrogen functional groups attached to an aromatic ring is 1. The Balaban J connectivity index is 1.45. The molecule has 0 radical (unpaired) electrons. The molecule has 0 atom stereocenters. The number of ether oxygens (including phenoxy) is 1. The number of hydrogen-bond acceptors (Lipinski definition) is 6. The lowest BCUT2D eigenvalue weighted by Gasteiger charge is -2.33. The van der Waals surface area contributed by atoms with Crippen molar-refractivity contribution in [2.24, 2.45) is 5.73 Å². The van der Waals surface area contributed by atoms with Gasteiger partial charge in [0.25, 0.3) is 11.8 Å². The maximum absolute atomic E-state index is 13.4. The van der Waals surface area contributed by atoms with E-state index >= 15 is 0 Å². The first-order valence-electron chi connectivity index (χ1n) is 13.8. The molecule has 1 aliphatic heterocycles. The number of carbonyl (C=O) groups is 3. The molecule has 1 heterocycles. The summed E-state index contributed by atoms with van der Waals surface area (Å²) in [6.45, 7) is 4.12. The summed E-state index contributed by atoms with van der Waals surface area (Å²) in [6, 6.07) is 14.0. The monoisotopic (exact) mass is 555 g/mol. The number of anilines is 1. The Hall–Kier alpha value is -4.37. The summed E-state index contributed by atoms with van der Waals surface area (Å²) < 4.78 is 5.57. The van der Waals surface area contributed by atoms with Crippen molar-refractivity contribution in [1.29, 1.82) is 0 Å². The lowest BCUT2D eigenvalue weighted by atomic mass is 9.90. The molecule has 9 heteroatoms. The summed E-state index contributed by atoms with van der Waals surface area (Å²) >= 11 is 0. The lowest BCUT2D eigenvalue weighted by Crippen LogP contribution is -2.42. The highest BCUT2D eigenvalue weighted by Crippen LogP contribution is 2.37. The summed E-state index contributed by atoms with van der Waals surface area (Å²) in [5.74, 6) is -0.580. The lowest BCUT2D eigenvalue weighted by molar-refractivity contribution is -0.114. The Bertz CT molecular complexity index is 1560. The number of fused-ring (bicyclic) bond motifs is 3. The third-order valence-electron chi connectivity index (χ3n) is 8.43. The average molecular weight is 556 g/mol. The van der Waals surface area contributed by atoms with Crippen LogP contribution in [0.15, 0.2) is 54.6 Å². The highest BCUT2D eigenvalue weighted by Gasteiger charge is 2.30. The summed E-state index contributed by atoms with van der Waals surface area (Å²) in [6.07, 6.45) is 3.91. The average Bonchev–Trinajstić information content (AvgIpc) is 3.28. The van der Waals surface area contributed by atoms with Gasteiger partial charge in [-0.2, -0.15) is 0 Å². The van der Waals surface area contributed by atoms with Gasteiger partial charge < -0.3 is 31.3 Å². The number of amides is 3. The number of benzene rings is 3. The fourth-order valence-corrected chi connectivity index (χ4v) is 5.95. The molecule has 0 unspecified atom stereocenters. The van der Waals surface area contributed by atoms with Crippen molar-refractivity contribution < 1.29 is 19.1 Å². The van der Waals surface area contributed by atoms with Crippen LogP contribution in [0.1, 0.15) is 52.0 Å². The fourth-order valence-electron chi connectivity index (χ4n) is 5.95. The minimum absolute atomic E-state index is 0.0778. The Morgan fingerprint density at radius 2 is 1.78 bits per heavy atom. The van der Waals surface area contributed by atoms with E-state index in [2.05, 4.69) is 30.9 Å². The molecule has 3 aromatic carbocycles. The Morgan fingerprint density at radius 1 is 1.07 bits per heavy atom. The number of hydrogen-bond donors (Lipinski definition) is 3. The first-order valence-corrected chi connectivity index (χ1v) is 13.8. The molecule has 1 saturated carbocycles. The van der Waals surface area contributed by atoms with Crippen LogP contribution < -0.4 is 21.5 Å². The van der Waals surface area contributed by atoms with Crippen LogP contribution in [0, 0.1) is 0 Å². The molecule has 41 heavy (non-hydrogen) atoms. The molecular formula is C32H37N5O4. The molecule has 0 bridgehead atoms. The molecule has 1 fully saturated rings. The second-order valence-corrected chi connectivity index (χ2v) is 11.2. The van der Waals surface area contributed by atoms with Gasteiger partial charge in [-0.1, -0.05) is 24.8 Å². The maximum Gasteiger partial charge on any atom is 0.254 e. The number of carbonyl (C=O) groups excluding carboxylic acids is 3. The van der Waals surface area contributed by atoms with E-state index in [0.717, 1.165) is 53.1 Å². The minimum atomic E-state index is -0.626. The van der Waals surface area contributed by atoms with Crippen LogP contribution in [0.4, 0.5) is 5.69 Å². The number of rotatable bonds is 8. The van der Waals surface area contributed by atoms with E-state index in [4.69, 9.17) is 16.2 Å². The Morgan fingerprint density at radius 3 is 2.44 bits per heavy atom. The SMILES string of the molecule is C=C(CN1Cc2c(ccc3ccc(-c4cc(OC)c(N)c(C(=O)N[C@H]5CC[C@@H](N(C)C)CC5)c4)cc23)C1=O)C(N)=O. The summed E-state index contributed by atoms with van der Waals surface area (Å²) in [5, 5.41) is 5.08. The van der Waals surface area contributed by atoms with Crippen molar-refractivity contribution in [2.45, 2.75) is 44.3 Å².